The van der Waals surface area contributed by atoms with Crippen LogP contribution in [0, 0.1) is 10.1 Å². The number of aromatic nitrogens is 3. The van der Waals surface area contributed by atoms with E-state index in [4.69, 9.17) is 4.74 Å². The van der Waals surface area contributed by atoms with Gasteiger partial charge in [0.1, 0.15) is 0 Å². The Morgan fingerprint density at radius 1 is 1.23 bits per heavy atom. The molecule has 4 rings (SSSR count). The van der Waals surface area contributed by atoms with Crippen molar-refractivity contribution in [1.82, 2.24) is 14.8 Å². The second-order valence-corrected chi connectivity index (χ2v) is 6.20. The number of benzene rings is 1. The molecule has 0 bridgehead atoms. The monoisotopic (exact) mass is 350 g/mol. The van der Waals surface area contributed by atoms with Crippen LogP contribution in [-0.2, 0) is 4.74 Å². The summed E-state index contributed by atoms with van der Waals surface area (Å²) < 4.78 is 7.62. The van der Waals surface area contributed by atoms with Crippen molar-refractivity contribution in [3.05, 3.63) is 64.1 Å². The lowest BCUT2D eigenvalue weighted by Crippen LogP contribution is -2.19. The third kappa shape index (κ3) is 3.21. The lowest BCUT2D eigenvalue weighted by molar-refractivity contribution is -0.384. The highest BCUT2D eigenvalue weighted by molar-refractivity contribution is 5.91. The summed E-state index contributed by atoms with van der Waals surface area (Å²) in [4.78, 5) is 15.1. The summed E-state index contributed by atoms with van der Waals surface area (Å²) in [6.45, 7) is 0.681. The SMILES string of the molecule is O=[N+]([O-])c1ccc2c(/C=C/c3ccccn3)nn(C3CCCCO3)c2c1. The molecule has 0 aliphatic carbocycles. The summed E-state index contributed by atoms with van der Waals surface area (Å²) in [5.41, 5.74) is 2.34. The number of hydrogen-bond donors (Lipinski definition) is 0. The summed E-state index contributed by atoms with van der Waals surface area (Å²) in [7, 11) is 0. The zero-order chi connectivity index (χ0) is 17.9. The van der Waals surface area contributed by atoms with E-state index in [-0.39, 0.29) is 16.8 Å². The van der Waals surface area contributed by atoms with Crippen LogP contribution >= 0.6 is 0 Å². The average Bonchev–Trinajstić information content (AvgIpc) is 3.06. The molecule has 1 fully saturated rings. The molecule has 7 heteroatoms. The quantitative estimate of drug-likeness (QED) is 0.520. The van der Waals surface area contributed by atoms with Gasteiger partial charge in [-0.15, -0.1) is 0 Å². The van der Waals surface area contributed by atoms with E-state index in [0.29, 0.717) is 12.1 Å². The number of pyridine rings is 1. The van der Waals surface area contributed by atoms with Crippen LogP contribution in [0.3, 0.4) is 0 Å². The third-order valence-corrected chi connectivity index (χ3v) is 4.46. The molecule has 7 nitrogen and oxygen atoms in total. The minimum atomic E-state index is -0.387. The molecule has 0 saturated carbocycles. The zero-order valence-electron chi connectivity index (χ0n) is 14.1. The predicted molar refractivity (Wildman–Crippen MR) is 98.4 cm³/mol. The van der Waals surface area contributed by atoms with Gasteiger partial charge in [0, 0.05) is 30.3 Å². The number of nitro groups is 1. The molecule has 1 aliphatic heterocycles. The topological polar surface area (TPSA) is 83.1 Å². The summed E-state index contributed by atoms with van der Waals surface area (Å²) in [5, 5.41) is 16.7. The van der Waals surface area contributed by atoms with Gasteiger partial charge >= 0.3 is 0 Å². The van der Waals surface area contributed by atoms with Crippen molar-refractivity contribution < 1.29 is 9.66 Å². The smallest absolute Gasteiger partial charge is 0.271 e. The average molecular weight is 350 g/mol. The van der Waals surface area contributed by atoms with Crippen LogP contribution in [0.1, 0.15) is 36.9 Å². The van der Waals surface area contributed by atoms with Gasteiger partial charge < -0.3 is 4.74 Å². The molecule has 1 atom stereocenters. The molecule has 2 aromatic heterocycles. The Bertz CT molecular complexity index is 960. The first-order chi connectivity index (χ1) is 12.7. The Morgan fingerprint density at radius 2 is 2.15 bits per heavy atom. The van der Waals surface area contributed by atoms with Crippen molar-refractivity contribution in [2.75, 3.05) is 6.61 Å². The summed E-state index contributed by atoms with van der Waals surface area (Å²) in [6, 6.07) is 10.5. The Morgan fingerprint density at radius 3 is 2.88 bits per heavy atom. The minimum Gasteiger partial charge on any atom is -0.356 e. The largest absolute Gasteiger partial charge is 0.356 e. The Hall–Kier alpha value is -3.06. The molecule has 0 spiro atoms. The number of fused-ring (bicyclic) bond motifs is 1. The second-order valence-electron chi connectivity index (χ2n) is 6.20. The highest BCUT2D eigenvalue weighted by Gasteiger charge is 2.22. The minimum absolute atomic E-state index is 0.0507. The summed E-state index contributed by atoms with van der Waals surface area (Å²) in [6.07, 6.45) is 8.25. The van der Waals surface area contributed by atoms with Crippen LogP contribution < -0.4 is 0 Å². The molecule has 1 unspecified atom stereocenters. The summed E-state index contributed by atoms with van der Waals surface area (Å²) >= 11 is 0. The van der Waals surface area contributed by atoms with Crippen molar-refractivity contribution in [3.8, 4) is 0 Å². The van der Waals surface area contributed by atoms with E-state index < -0.39 is 0 Å². The van der Waals surface area contributed by atoms with Crippen LogP contribution in [-0.4, -0.2) is 26.3 Å². The number of nitro benzene ring substituents is 1. The molecular formula is C19H18N4O3. The molecule has 1 aromatic carbocycles. The predicted octanol–water partition coefficient (Wildman–Crippen LogP) is 4.21. The maximum absolute atomic E-state index is 11.2. The standard InChI is InChI=1S/C19H18N4O3/c24-23(25)15-8-9-16-17(10-7-14-5-1-3-11-20-14)21-22(18(16)13-15)19-6-2-4-12-26-19/h1,3,5,7-11,13,19H,2,4,6,12H2/b10-7+. The van der Waals surface area contributed by atoms with Crippen molar-refractivity contribution in [1.29, 1.82) is 0 Å². The lowest BCUT2D eigenvalue weighted by atomic mass is 10.1. The van der Waals surface area contributed by atoms with E-state index in [1.807, 2.05) is 30.4 Å². The van der Waals surface area contributed by atoms with Crippen molar-refractivity contribution in [3.63, 3.8) is 0 Å². The highest BCUT2D eigenvalue weighted by Crippen LogP contribution is 2.31. The van der Waals surface area contributed by atoms with Gasteiger partial charge in [-0.1, -0.05) is 6.07 Å². The first-order valence-electron chi connectivity index (χ1n) is 8.60. The van der Waals surface area contributed by atoms with Crippen molar-refractivity contribution >= 4 is 28.7 Å². The fourth-order valence-corrected chi connectivity index (χ4v) is 3.16. The molecule has 0 amide bonds. The summed E-state index contributed by atoms with van der Waals surface area (Å²) in [5.74, 6) is 0. The van der Waals surface area contributed by atoms with E-state index in [9.17, 15) is 10.1 Å². The molecule has 26 heavy (non-hydrogen) atoms. The van der Waals surface area contributed by atoms with Crippen LogP contribution in [0.5, 0.6) is 0 Å². The van der Waals surface area contributed by atoms with Gasteiger partial charge in [0.2, 0.25) is 0 Å². The fraction of sp³-hybridized carbons (Fsp3) is 0.263. The van der Waals surface area contributed by atoms with Gasteiger partial charge in [-0.05, 0) is 49.6 Å². The van der Waals surface area contributed by atoms with Gasteiger partial charge in [-0.25, -0.2) is 4.68 Å². The van der Waals surface area contributed by atoms with Crippen LogP contribution in [0.25, 0.3) is 23.1 Å². The number of rotatable bonds is 4. The molecule has 0 radical (unpaired) electrons. The van der Waals surface area contributed by atoms with Crippen molar-refractivity contribution in [2.24, 2.45) is 0 Å². The Kier molecular flexibility index (Phi) is 4.45. The van der Waals surface area contributed by atoms with Gasteiger partial charge in [-0.3, -0.25) is 15.1 Å². The molecule has 3 heterocycles. The van der Waals surface area contributed by atoms with Gasteiger partial charge in [-0.2, -0.15) is 5.10 Å². The van der Waals surface area contributed by atoms with Crippen molar-refractivity contribution in [2.45, 2.75) is 25.5 Å². The molecule has 1 aliphatic rings. The van der Waals surface area contributed by atoms with Crippen LogP contribution in [0.15, 0.2) is 42.6 Å². The highest BCUT2D eigenvalue weighted by atomic mass is 16.6. The maximum atomic E-state index is 11.2. The van der Waals surface area contributed by atoms with E-state index in [1.54, 1.807) is 23.0 Å². The Balaban J connectivity index is 1.79. The van der Waals surface area contributed by atoms with Gasteiger partial charge in [0.25, 0.3) is 5.69 Å². The number of hydrogen-bond acceptors (Lipinski definition) is 5. The molecule has 1 saturated heterocycles. The van der Waals surface area contributed by atoms with Gasteiger partial charge in [0.15, 0.2) is 6.23 Å². The molecule has 3 aromatic rings. The van der Waals surface area contributed by atoms with E-state index in [0.717, 1.165) is 36.0 Å². The zero-order valence-corrected chi connectivity index (χ0v) is 14.1. The number of non-ortho nitro benzene ring substituents is 1. The number of ether oxygens (including phenoxy) is 1. The second kappa shape index (κ2) is 7.05. The van der Waals surface area contributed by atoms with Crippen LogP contribution in [0.2, 0.25) is 0 Å². The lowest BCUT2D eigenvalue weighted by Gasteiger charge is -2.23. The third-order valence-electron chi connectivity index (χ3n) is 4.46. The van der Waals surface area contributed by atoms with E-state index in [2.05, 4.69) is 10.1 Å². The Labute approximate surface area is 150 Å². The fourth-order valence-electron chi connectivity index (χ4n) is 3.16. The maximum Gasteiger partial charge on any atom is 0.271 e. The number of nitrogens with zero attached hydrogens (tertiary/aromatic N) is 4. The molecule has 132 valence electrons. The van der Waals surface area contributed by atoms with E-state index in [1.165, 1.54) is 6.07 Å². The first-order valence-corrected chi connectivity index (χ1v) is 8.60. The normalized spacial score (nSPS) is 17.8. The molecular weight excluding hydrogens is 332 g/mol. The first kappa shape index (κ1) is 16.4. The van der Waals surface area contributed by atoms with Crippen LogP contribution in [0.4, 0.5) is 5.69 Å². The van der Waals surface area contributed by atoms with Gasteiger partial charge in [0.05, 0.1) is 21.8 Å². The molecule has 0 N–H and O–H groups in total. The van der Waals surface area contributed by atoms with E-state index >= 15 is 0 Å².